The highest BCUT2D eigenvalue weighted by Crippen LogP contribution is 2.36. The van der Waals surface area contributed by atoms with E-state index in [9.17, 15) is 9.59 Å². The van der Waals surface area contributed by atoms with Crippen molar-refractivity contribution in [1.29, 1.82) is 0 Å². The van der Waals surface area contributed by atoms with Crippen LogP contribution in [0.25, 0.3) is 0 Å². The Balaban J connectivity index is 1.26. The van der Waals surface area contributed by atoms with Crippen LogP contribution in [0.1, 0.15) is 66.8 Å². The summed E-state index contributed by atoms with van der Waals surface area (Å²) in [5, 5.41) is 1.07. The van der Waals surface area contributed by atoms with Crippen molar-refractivity contribution in [2.75, 3.05) is 59.4 Å². The Kier molecular flexibility index (Phi) is 9.72. The first-order chi connectivity index (χ1) is 19.4. The number of piperidine rings is 1. The first kappa shape index (κ1) is 29.4. The predicted molar refractivity (Wildman–Crippen MR) is 162 cm³/mol. The van der Waals surface area contributed by atoms with Crippen molar-refractivity contribution in [1.82, 2.24) is 19.6 Å². The van der Waals surface area contributed by atoms with E-state index in [0.29, 0.717) is 28.1 Å². The first-order valence-electron chi connectivity index (χ1n) is 14.9. The minimum absolute atomic E-state index is 0.0134. The van der Waals surface area contributed by atoms with Gasteiger partial charge in [0.15, 0.2) is 0 Å². The average molecular weight is 586 g/mol. The van der Waals surface area contributed by atoms with E-state index in [4.69, 9.17) is 23.2 Å². The molecule has 5 rings (SSSR count). The summed E-state index contributed by atoms with van der Waals surface area (Å²) in [6.07, 6.45) is 7.33. The second-order valence-corrected chi connectivity index (χ2v) is 12.6. The van der Waals surface area contributed by atoms with Crippen LogP contribution in [-0.4, -0.2) is 96.4 Å². The van der Waals surface area contributed by atoms with Crippen LogP contribution in [0, 0.1) is 0 Å². The third kappa shape index (κ3) is 6.51. The van der Waals surface area contributed by atoms with Crippen molar-refractivity contribution in [2.45, 2.75) is 56.4 Å². The maximum atomic E-state index is 13.8. The predicted octanol–water partition coefficient (Wildman–Crippen LogP) is 5.79. The molecule has 1 atom stereocenters. The smallest absolute Gasteiger partial charge is 0.253 e. The largest absolute Gasteiger partial charge is 0.341 e. The Morgan fingerprint density at radius 3 is 2.17 bits per heavy atom. The SMILES string of the molecule is CN(CC(CCN1CCC(C(=O)N2CCCC2)(N2CCCC2)CC1)c1ccc(Cl)c(Cl)c1)C(=O)c1ccccc1. The fourth-order valence-electron chi connectivity index (χ4n) is 6.85. The van der Waals surface area contributed by atoms with Gasteiger partial charge in [-0.05, 0) is 94.4 Å². The number of halogens is 2. The Labute approximate surface area is 249 Å². The topological polar surface area (TPSA) is 47.1 Å². The molecule has 6 nitrogen and oxygen atoms in total. The molecule has 1 unspecified atom stereocenters. The molecule has 3 aliphatic rings. The van der Waals surface area contributed by atoms with Crippen molar-refractivity contribution in [3.05, 3.63) is 69.7 Å². The van der Waals surface area contributed by atoms with Crippen LogP contribution >= 0.6 is 23.2 Å². The molecule has 0 spiro atoms. The van der Waals surface area contributed by atoms with Gasteiger partial charge < -0.3 is 14.7 Å². The summed E-state index contributed by atoms with van der Waals surface area (Å²) in [6, 6.07) is 15.2. The zero-order valence-electron chi connectivity index (χ0n) is 23.7. The van der Waals surface area contributed by atoms with Crippen LogP contribution in [0.2, 0.25) is 10.0 Å². The molecule has 0 aromatic heterocycles. The normalized spacial score (nSPS) is 20.5. The highest BCUT2D eigenvalue weighted by Gasteiger charge is 2.48. The van der Waals surface area contributed by atoms with Crippen LogP contribution in [0.3, 0.4) is 0 Å². The summed E-state index contributed by atoms with van der Waals surface area (Å²) in [4.78, 5) is 35.9. The van der Waals surface area contributed by atoms with Gasteiger partial charge in [-0.3, -0.25) is 14.5 Å². The van der Waals surface area contributed by atoms with Crippen molar-refractivity contribution in [3.63, 3.8) is 0 Å². The lowest BCUT2D eigenvalue weighted by atomic mass is 9.83. The molecule has 2 aromatic carbocycles. The summed E-state index contributed by atoms with van der Waals surface area (Å²) in [7, 11) is 1.87. The Morgan fingerprint density at radius 2 is 1.52 bits per heavy atom. The fraction of sp³-hybridized carbons (Fsp3) is 0.562. The van der Waals surface area contributed by atoms with Gasteiger partial charge in [-0.15, -0.1) is 0 Å². The summed E-state index contributed by atoms with van der Waals surface area (Å²) < 4.78 is 0. The Bertz CT molecular complexity index is 1160. The molecule has 216 valence electrons. The second-order valence-electron chi connectivity index (χ2n) is 11.8. The van der Waals surface area contributed by atoms with Gasteiger partial charge in [0.1, 0.15) is 5.54 Å². The molecule has 0 N–H and O–H groups in total. The van der Waals surface area contributed by atoms with Crippen LogP contribution in [0.5, 0.6) is 0 Å². The molecular weight excluding hydrogens is 543 g/mol. The van der Waals surface area contributed by atoms with Gasteiger partial charge in [-0.25, -0.2) is 0 Å². The third-order valence-corrected chi connectivity index (χ3v) is 10.00. The molecule has 2 amide bonds. The van der Waals surface area contributed by atoms with Crippen LogP contribution in [0.4, 0.5) is 0 Å². The summed E-state index contributed by atoms with van der Waals surface area (Å²) >= 11 is 12.6. The van der Waals surface area contributed by atoms with Crippen molar-refractivity contribution in [2.24, 2.45) is 0 Å². The van der Waals surface area contributed by atoms with Gasteiger partial charge >= 0.3 is 0 Å². The number of likely N-dealkylation sites (N-methyl/N-ethyl adjacent to an activating group) is 1. The molecule has 0 radical (unpaired) electrons. The summed E-state index contributed by atoms with van der Waals surface area (Å²) in [6.45, 7) is 7.25. The summed E-state index contributed by atoms with van der Waals surface area (Å²) in [5.41, 5.74) is 1.45. The molecule has 3 fully saturated rings. The third-order valence-electron chi connectivity index (χ3n) is 9.26. The first-order valence-corrected chi connectivity index (χ1v) is 15.7. The van der Waals surface area contributed by atoms with Crippen LogP contribution < -0.4 is 0 Å². The van der Waals surface area contributed by atoms with E-state index in [1.54, 1.807) is 0 Å². The highest BCUT2D eigenvalue weighted by molar-refractivity contribution is 6.42. The van der Waals surface area contributed by atoms with Crippen molar-refractivity contribution in [3.8, 4) is 0 Å². The average Bonchev–Trinajstić information content (AvgIpc) is 3.72. The Morgan fingerprint density at radius 1 is 0.875 bits per heavy atom. The van der Waals surface area contributed by atoms with Gasteiger partial charge in [0.05, 0.1) is 10.0 Å². The maximum Gasteiger partial charge on any atom is 0.253 e. The van der Waals surface area contributed by atoms with Gasteiger partial charge in [0.2, 0.25) is 5.91 Å². The lowest BCUT2D eigenvalue weighted by Gasteiger charge is -2.48. The molecule has 0 saturated carbocycles. The van der Waals surface area contributed by atoms with E-state index in [-0.39, 0.29) is 17.4 Å². The number of hydrogen-bond donors (Lipinski definition) is 0. The molecule has 40 heavy (non-hydrogen) atoms. The second kappa shape index (κ2) is 13.2. The number of likely N-dealkylation sites (tertiary alicyclic amines) is 3. The minimum Gasteiger partial charge on any atom is -0.341 e. The minimum atomic E-state index is -0.331. The number of amides is 2. The van der Waals surface area contributed by atoms with E-state index in [1.807, 2.05) is 60.5 Å². The van der Waals surface area contributed by atoms with Crippen molar-refractivity contribution >= 4 is 35.0 Å². The fourth-order valence-corrected chi connectivity index (χ4v) is 7.16. The highest BCUT2D eigenvalue weighted by atomic mass is 35.5. The molecular formula is C32H42Cl2N4O2. The van der Waals surface area contributed by atoms with E-state index in [0.717, 1.165) is 83.5 Å². The van der Waals surface area contributed by atoms with Gasteiger partial charge in [-0.2, -0.15) is 0 Å². The molecule has 2 aromatic rings. The molecule has 8 heteroatoms. The van der Waals surface area contributed by atoms with Gasteiger partial charge in [0.25, 0.3) is 5.91 Å². The standard InChI is InChI=1S/C32H42Cl2N4O2/c1-35(30(39)25-9-3-2-4-10-25)24-27(26-11-12-28(33)29(34)23-26)13-20-36-21-14-32(15-22-36,38-18-7-8-19-38)31(40)37-16-5-6-17-37/h2-4,9-12,23,27H,5-8,13-22,24H2,1H3. The monoisotopic (exact) mass is 584 g/mol. The number of benzene rings is 2. The van der Waals surface area contributed by atoms with Crippen LogP contribution in [-0.2, 0) is 4.79 Å². The van der Waals surface area contributed by atoms with Gasteiger partial charge in [0, 0.05) is 51.3 Å². The number of hydrogen-bond acceptors (Lipinski definition) is 4. The summed E-state index contributed by atoms with van der Waals surface area (Å²) in [5.74, 6) is 0.504. The molecule has 3 aliphatic heterocycles. The number of carbonyl (C=O) groups is 2. The Hall–Kier alpha value is -2.12. The molecule has 3 heterocycles. The van der Waals surface area contributed by atoms with E-state index in [1.165, 1.54) is 12.8 Å². The number of nitrogens with zero attached hydrogens (tertiary/aromatic N) is 4. The maximum absolute atomic E-state index is 13.8. The zero-order valence-corrected chi connectivity index (χ0v) is 25.2. The molecule has 3 saturated heterocycles. The number of rotatable bonds is 9. The van der Waals surface area contributed by atoms with Gasteiger partial charge in [-0.1, -0.05) is 47.5 Å². The quantitative estimate of drug-likeness (QED) is 0.374. The van der Waals surface area contributed by atoms with E-state index >= 15 is 0 Å². The van der Waals surface area contributed by atoms with Crippen molar-refractivity contribution < 1.29 is 9.59 Å². The molecule has 0 bridgehead atoms. The lowest BCUT2D eigenvalue weighted by Crippen LogP contribution is -2.63. The zero-order chi connectivity index (χ0) is 28.1. The lowest BCUT2D eigenvalue weighted by molar-refractivity contribution is -0.146. The van der Waals surface area contributed by atoms with E-state index < -0.39 is 0 Å². The van der Waals surface area contributed by atoms with Crippen LogP contribution in [0.15, 0.2) is 48.5 Å². The number of carbonyl (C=O) groups excluding carboxylic acids is 2. The van der Waals surface area contributed by atoms with E-state index in [2.05, 4.69) is 14.7 Å². The molecule has 0 aliphatic carbocycles.